The van der Waals surface area contributed by atoms with Crippen LogP contribution in [0.15, 0.2) is 46.9 Å². The maximum Gasteiger partial charge on any atom is 0.228 e. The normalized spacial score (nSPS) is 14.9. The molecule has 1 amide bonds. The summed E-state index contributed by atoms with van der Waals surface area (Å²) in [5.74, 6) is 0.306. The maximum atomic E-state index is 12.8. The molecule has 144 valence electrons. The van der Waals surface area contributed by atoms with E-state index in [4.69, 9.17) is 16.0 Å². The average Bonchev–Trinajstić information content (AvgIpc) is 3.05. The molecule has 2 aromatic carbocycles. The summed E-state index contributed by atoms with van der Waals surface area (Å²) < 4.78 is 5.83. The molecule has 1 heterocycles. The molecule has 0 bridgehead atoms. The zero-order chi connectivity index (χ0) is 19.7. The number of anilines is 1. The van der Waals surface area contributed by atoms with E-state index < -0.39 is 0 Å². The van der Waals surface area contributed by atoms with Gasteiger partial charge in [0.2, 0.25) is 11.7 Å². The van der Waals surface area contributed by atoms with Gasteiger partial charge in [-0.3, -0.25) is 9.59 Å². The zero-order valence-electron chi connectivity index (χ0n) is 15.8. The molecule has 4 nitrogen and oxygen atoms in total. The monoisotopic (exact) mass is 395 g/mol. The van der Waals surface area contributed by atoms with Crippen LogP contribution in [0, 0.1) is 12.8 Å². The van der Waals surface area contributed by atoms with Gasteiger partial charge in [0, 0.05) is 33.1 Å². The van der Waals surface area contributed by atoms with Crippen molar-refractivity contribution in [2.75, 3.05) is 5.32 Å². The Morgan fingerprint density at radius 2 is 1.75 bits per heavy atom. The van der Waals surface area contributed by atoms with Crippen molar-refractivity contribution in [3.05, 3.63) is 64.4 Å². The largest absolute Gasteiger partial charge is 0.452 e. The third-order valence-corrected chi connectivity index (χ3v) is 5.74. The van der Waals surface area contributed by atoms with Crippen molar-refractivity contribution in [1.29, 1.82) is 0 Å². The number of aryl methyl sites for hydroxylation is 1. The smallest absolute Gasteiger partial charge is 0.228 e. The lowest BCUT2D eigenvalue weighted by Crippen LogP contribution is -2.24. The minimum absolute atomic E-state index is 0.0812. The Hall–Kier alpha value is -2.59. The maximum absolute atomic E-state index is 12.8. The fourth-order valence-electron chi connectivity index (χ4n) is 3.86. The lowest BCUT2D eigenvalue weighted by Gasteiger charge is -2.20. The fraction of sp³-hybridized carbons (Fsp3) is 0.304. The second kappa shape index (κ2) is 7.80. The van der Waals surface area contributed by atoms with Gasteiger partial charge in [-0.1, -0.05) is 30.9 Å². The Kier molecular flexibility index (Phi) is 5.23. The number of benzene rings is 2. The molecule has 1 aromatic heterocycles. The molecule has 1 N–H and O–H groups in total. The summed E-state index contributed by atoms with van der Waals surface area (Å²) in [5, 5.41) is 4.44. The average molecular weight is 396 g/mol. The molecule has 0 aliphatic heterocycles. The van der Waals surface area contributed by atoms with Crippen molar-refractivity contribution in [3.8, 4) is 0 Å². The number of rotatable bonds is 4. The Morgan fingerprint density at radius 1 is 1.04 bits per heavy atom. The molecule has 3 aromatic rings. The predicted octanol–water partition coefficient (Wildman–Crippen LogP) is 6.14. The molecule has 0 unspecified atom stereocenters. The Morgan fingerprint density at radius 3 is 2.46 bits per heavy atom. The number of hydrogen-bond acceptors (Lipinski definition) is 3. The molecule has 0 radical (unpaired) electrons. The van der Waals surface area contributed by atoms with Crippen molar-refractivity contribution >= 4 is 39.9 Å². The van der Waals surface area contributed by atoms with Crippen molar-refractivity contribution < 1.29 is 14.0 Å². The Labute approximate surface area is 168 Å². The van der Waals surface area contributed by atoms with Gasteiger partial charge in [0.25, 0.3) is 0 Å². The quantitative estimate of drug-likeness (QED) is 0.539. The molecule has 1 fully saturated rings. The van der Waals surface area contributed by atoms with E-state index in [0.717, 1.165) is 42.3 Å². The molecule has 0 spiro atoms. The Balaban J connectivity index is 1.59. The SMILES string of the molecule is Cc1c(C(=O)c2ccc(Cl)cc2)oc2ccc(NC(=O)C3CCCCC3)cc12. The molecular weight excluding hydrogens is 374 g/mol. The molecule has 1 aliphatic carbocycles. The minimum atomic E-state index is -0.182. The highest BCUT2D eigenvalue weighted by molar-refractivity contribution is 6.30. The van der Waals surface area contributed by atoms with E-state index >= 15 is 0 Å². The number of ketones is 1. The van der Waals surface area contributed by atoms with Gasteiger partial charge in [-0.05, 0) is 62.2 Å². The lowest BCUT2D eigenvalue weighted by molar-refractivity contribution is -0.120. The number of hydrogen-bond donors (Lipinski definition) is 1. The molecule has 1 aliphatic rings. The van der Waals surface area contributed by atoms with E-state index in [9.17, 15) is 9.59 Å². The number of carbonyl (C=O) groups is 2. The second-order valence-corrected chi connectivity index (χ2v) is 7.86. The molecule has 0 atom stereocenters. The van der Waals surface area contributed by atoms with Gasteiger partial charge in [0.05, 0.1) is 0 Å². The molecule has 5 heteroatoms. The van der Waals surface area contributed by atoms with Gasteiger partial charge in [0.1, 0.15) is 5.58 Å². The van der Waals surface area contributed by atoms with Crippen molar-refractivity contribution in [1.82, 2.24) is 0 Å². The summed E-state index contributed by atoms with van der Waals surface area (Å²) in [6.45, 7) is 1.86. The number of nitrogens with one attached hydrogen (secondary N) is 1. The van der Waals surface area contributed by atoms with E-state index in [2.05, 4.69) is 5.32 Å². The van der Waals surface area contributed by atoms with E-state index in [1.807, 2.05) is 19.1 Å². The first-order valence-corrected chi connectivity index (χ1v) is 10.0. The summed E-state index contributed by atoms with van der Waals surface area (Å²) in [7, 11) is 0. The predicted molar refractivity (Wildman–Crippen MR) is 111 cm³/mol. The van der Waals surface area contributed by atoms with Crippen LogP contribution < -0.4 is 5.32 Å². The van der Waals surface area contributed by atoms with E-state index in [1.54, 1.807) is 30.3 Å². The van der Waals surface area contributed by atoms with Gasteiger partial charge in [-0.2, -0.15) is 0 Å². The molecule has 0 saturated heterocycles. The molecule has 4 rings (SSSR count). The first kappa shape index (κ1) is 18.8. The molecular formula is C23H22ClNO3. The summed E-state index contributed by atoms with van der Waals surface area (Å²) in [4.78, 5) is 25.3. The number of amides is 1. The molecule has 28 heavy (non-hydrogen) atoms. The van der Waals surface area contributed by atoms with Crippen LogP contribution in [0.3, 0.4) is 0 Å². The third kappa shape index (κ3) is 3.69. The standard InChI is InChI=1S/C23H22ClNO3/c1-14-19-13-18(25-23(27)16-5-3-2-4-6-16)11-12-20(19)28-22(14)21(26)15-7-9-17(24)10-8-15/h7-13,16H,2-6H2,1H3,(H,25,27). The van der Waals surface area contributed by atoms with Crippen LogP contribution in [-0.4, -0.2) is 11.7 Å². The summed E-state index contributed by atoms with van der Waals surface area (Å²) >= 11 is 5.90. The first-order chi connectivity index (χ1) is 13.5. The van der Waals surface area contributed by atoms with E-state index in [1.165, 1.54) is 6.42 Å². The van der Waals surface area contributed by atoms with Crippen LogP contribution in [0.1, 0.15) is 53.8 Å². The topological polar surface area (TPSA) is 59.3 Å². The summed E-state index contributed by atoms with van der Waals surface area (Å²) in [6, 6.07) is 12.3. The van der Waals surface area contributed by atoms with Crippen LogP contribution in [-0.2, 0) is 4.79 Å². The van der Waals surface area contributed by atoms with Gasteiger partial charge in [0.15, 0.2) is 5.76 Å². The first-order valence-electron chi connectivity index (χ1n) is 9.67. The summed E-state index contributed by atoms with van der Waals surface area (Å²) in [5.41, 5.74) is 2.66. The minimum Gasteiger partial charge on any atom is -0.452 e. The van der Waals surface area contributed by atoms with Gasteiger partial charge < -0.3 is 9.73 Å². The van der Waals surface area contributed by atoms with Gasteiger partial charge >= 0.3 is 0 Å². The second-order valence-electron chi connectivity index (χ2n) is 7.43. The number of halogens is 1. The van der Waals surface area contributed by atoms with Gasteiger partial charge in [-0.25, -0.2) is 0 Å². The van der Waals surface area contributed by atoms with Crippen LogP contribution in [0.4, 0.5) is 5.69 Å². The van der Waals surface area contributed by atoms with Crippen LogP contribution in [0.25, 0.3) is 11.0 Å². The van der Waals surface area contributed by atoms with Crippen molar-refractivity contribution in [2.45, 2.75) is 39.0 Å². The summed E-state index contributed by atoms with van der Waals surface area (Å²) in [6.07, 6.45) is 5.37. The Bertz CT molecular complexity index is 1030. The van der Waals surface area contributed by atoms with E-state index in [-0.39, 0.29) is 17.6 Å². The van der Waals surface area contributed by atoms with Crippen LogP contribution >= 0.6 is 11.6 Å². The van der Waals surface area contributed by atoms with Crippen LogP contribution in [0.5, 0.6) is 0 Å². The number of fused-ring (bicyclic) bond motifs is 1. The highest BCUT2D eigenvalue weighted by Crippen LogP contribution is 2.31. The lowest BCUT2D eigenvalue weighted by atomic mass is 9.88. The molecule has 1 saturated carbocycles. The zero-order valence-corrected chi connectivity index (χ0v) is 16.5. The van der Waals surface area contributed by atoms with Crippen molar-refractivity contribution in [2.24, 2.45) is 5.92 Å². The van der Waals surface area contributed by atoms with Crippen LogP contribution in [0.2, 0.25) is 5.02 Å². The van der Waals surface area contributed by atoms with Crippen molar-refractivity contribution in [3.63, 3.8) is 0 Å². The van der Waals surface area contributed by atoms with Gasteiger partial charge in [-0.15, -0.1) is 0 Å². The number of carbonyl (C=O) groups excluding carboxylic acids is 2. The number of furan rings is 1. The third-order valence-electron chi connectivity index (χ3n) is 5.49. The highest BCUT2D eigenvalue weighted by Gasteiger charge is 2.22. The van der Waals surface area contributed by atoms with E-state index in [0.29, 0.717) is 21.9 Å². The fourth-order valence-corrected chi connectivity index (χ4v) is 3.98. The highest BCUT2D eigenvalue weighted by atomic mass is 35.5.